The smallest absolute Gasteiger partial charge is 0.00551 e. The predicted molar refractivity (Wildman–Crippen MR) is 98.4 cm³/mol. The monoisotopic (exact) mass is 294 g/mol. The Morgan fingerprint density at radius 3 is 1.41 bits per heavy atom. The van der Waals surface area contributed by atoms with E-state index in [9.17, 15) is 0 Å². The van der Waals surface area contributed by atoms with Crippen LogP contribution in [0.3, 0.4) is 0 Å². The Hall–Kier alpha value is -1.56. The summed E-state index contributed by atoms with van der Waals surface area (Å²) < 4.78 is 0. The van der Waals surface area contributed by atoms with Gasteiger partial charge in [0.15, 0.2) is 0 Å². The summed E-state index contributed by atoms with van der Waals surface area (Å²) in [5, 5.41) is 0. The average molecular weight is 294 g/mol. The van der Waals surface area contributed by atoms with Crippen LogP contribution in [0.1, 0.15) is 65.5 Å². The highest BCUT2D eigenvalue weighted by Crippen LogP contribution is 2.41. The van der Waals surface area contributed by atoms with Gasteiger partial charge in [-0.25, -0.2) is 0 Å². The Morgan fingerprint density at radius 1 is 0.636 bits per heavy atom. The zero-order valence-electron chi connectivity index (χ0n) is 15.2. The molecule has 2 rings (SSSR count). The van der Waals surface area contributed by atoms with Crippen LogP contribution in [0, 0.1) is 5.41 Å². The van der Waals surface area contributed by atoms with Gasteiger partial charge in [-0.2, -0.15) is 0 Å². The van der Waals surface area contributed by atoms with Gasteiger partial charge in [0.2, 0.25) is 0 Å². The lowest BCUT2D eigenvalue weighted by atomic mass is 9.65. The maximum absolute atomic E-state index is 2.33. The van der Waals surface area contributed by atoms with Crippen molar-refractivity contribution in [1.82, 2.24) is 0 Å². The molecule has 0 saturated carbocycles. The third-order valence-electron chi connectivity index (χ3n) is 5.39. The van der Waals surface area contributed by atoms with Crippen molar-refractivity contribution in [2.75, 3.05) is 0 Å². The Balaban J connectivity index is 2.29. The van der Waals surface area contributed by atoms with Gasteiger partial charge < -0.3 is 0 Å². The molecular weight excluding hydrogens is 264 g/mol. The number of benzene rings is 2. The van der Waals surface area contributed by atoms with Crippen molar-refractivity contribution in [2.45, 2.75) is 59.8 Å². The molecule has 0 spiro atoms. The molecule has 0 saturated heterocycles. The quantitative estimate of drug-likeness (QED) is 0.584. The molecule has 0 heteroatoms. The van der Waals surface area contributed by atoms with Crippen molar-refractivity contribution >= 4 is 0 Å². The molecule has 0 fully saturated rings. The van der Waals surface area contributed by atoms with Crippen LogP contribution in [0.25, 0.3) is 11.1 Å². The lowest BCUT2D eigenvalue weighted by Crippen LogP contribution is -2.33. The second-order valence-electron chi connectivity index (χ2n) is 8.23. The average Bonchev–Trinajstić information content (AvgIpc) is 2.46. The largest absolute Gasteiger partial charge is 0.0593 e. The molecule has 0 heterocycles. The van der Waals surface area contributed by atoms with Gasteiger partial charge >= 0.3 is 0 Å². The standard InChI is InChI=1S/C22H30/c1-16(2)17-8-10-18(11-9-17)19-12-14-20(15-13-19)22(6,7)21(3,4)5/h8-16H,1-7H3. The molecule has 118 valence electrons. The lowest BCUT2D eigenvalue weighted by Gasteiger charge is -2.39. The first kappa shape index (κ1) is 16.8. The second-order valence-corrected chi connectivity index (χ2v) is 8.23. The van der Waals surface area contributed by atoms with Crippen LogP contribution in [0.4, 0.5) is 0 Å². The fourth-order valence-corrected chi connectivity index (χ4v) is 2.57. The molecule has 0 aliphatic rings. The van der Waals surface area contributed by atoms with E-state index >= 15 is 0 Å². The van der Waals surface area contributed by atoms with Crippen molar-refractivity contribution < 1.29 is 0 Å². The first-order valence-electron chi connectivity index (χ1n) is 8.34. The Bertz CT molecular complexity index is 605. The Kier molecular flexibility index (Phi) is 4.52. The van der Waals surface area contributed by atoms with Gasteiger partial charge in [-0.3, -0.25) is 0 Å². The summed E-state index contributed by atoms with van der Waals surface area (Å²) in [6, 6.07) is 18.0. The maximum Gasteiger partial charge on any atom is -0.00551 e. The maximum atomic E-state index is 2.33. The molecule has 0 nitrogen and oxygen atoms in total. The number of hydrogen-bond acceptors (Lipinski definition) is 0. The predicted octanol–water partition coefficient (Wildman–Crippen LogP) is 6.80. The second kappa shape index (κ2) is 5.91. The van der Waals surface area contributed by atoms with Gasteiger partial charge in [-0.1, -0.05) is 97.0 Å². The Labute approximate surface area is 136 Å². The van der Waals surface area contributed by atoms with Gasteiger partial charge in [0.25, 0.3) is 0 Å². The van der Waals surface area contributed by atoms with Gasteiger partial charge in [0.1, 0.15) is 0 Å². The van der Waals surface area contributed by atoms with E-state index in [1.165, 1.54) is 22.3 Å². The first-order valence-corrected chi connectivity index (χ1v) is 8.34. The van der Waals surface area contributed by atoms with E-state index in [4.69, 9.17) is 0 Å². The summed E-state index contributed by atoms with van der Waals surface area (Å²) in [5.74, 6) is 0.587. The highest BCUT2D eigenvalue weighted by atomic mass is 14.4. The highest BCUT2D eigenvalue weighted by Gasteiger charge is 2.34. The number of hydrogen-bond donors (Lipinski definition) is 0. The first-order chi connectivity index (χ1) is 10.1. The topological polar surface area (TPSA) is 0 Å². The summed E-state index contributed by atoms with van der Waals surface area (Å²) in [7, 11) is 0. The molecule has 0 amide bonds. The van der Waals surface area contributed by atoms with Crippen LogP contribution in [-0.4, -0.2) is 0 Å². The van der Waals surface area contributed by atoms with Gasteiger partial charge in [0, 0.05) is 0 Å². The summed E-state index contributed by atoms with van der Waals surface area (Å²) >= 11 is 0. The van der Waals surface area contributed by atoms with Crippen LogP contribution in [0.5, 0.6) is 0 Å². The van der Waals surface area contributed by atoms with E-state index in [1.807, 2.05) is 0 Å². The summed E-state index contributed by atoms with van der Waals surface area (Å²) in [6.45, 7) is 16.1. The van der Waals surface area contributed by atoms with Crippen molar-refractivity contribution in [3.05, 3.63) is 59.7 Å². The normalized spacial score (nSPS) is 12.7. The van der Waals surface area contributed by atoms with Crippen LogP contribution in [-0.2, 0) is 5.41 Å². The third kappa shape index (κ3) is 3.27. The van der Waals surface area contributed by atoms with Crippen LogP contribution in [0.2, 0.25) is 0 Å². The summed E-state index contributed by atoms with van der Waals surface area (Å²) in [5.41, 5.74) is 5.80. The molecule has 0 radical (unpaired) electrons. The lowest BCUT2D eigenvalue weighted by molar-refractivity contribution is 0.225. The van der Waals surface area contributed by atoms with Crippen molar-refractivity contribution in [3.63, 3.8) is 0 Å². The van der Waals surface area contributed by atoms with E-state index in [1.54, 1.807) is 0 Å². The third-order valence-corrected chi connectivity index (χ3v) is 5.39. The molecule has 0 aliphatic carbocycles. The van der Waals surface area contributed by atoms with Gasteiger partial charge in [-0.15, -0.1) is 0 Å². The summed E-state index contributed by atoms with van der Waals surface area (Å²) in [4.78, 5) is 0. The summed E-state index contributed by atoms with van der Waals surface area (Å²) in [6.07, 6.45) is 0. The van der Waals surface area contributed by atoms with Crippen molar-refractivity contribution in [3.8, 4) is 11.1 Å². The fourth-order valence-electron chi connectivity index (χ4n) is 2.57. The molecule has 0 atom stereocenters. The van der Waals surface area contributed by atoms with Crippen molar-refractivity contribution in [1.29, 1.82) is 0 Å². The molecule has 0 unspecified atom stereocenters. The minimum Gasteiger partial charge on any atom is -0.0593 e. The van der Waals surface area contributed by atoms with E-state index in [0.717, 1.165) is 0 Å². The molecule has 0 aliphatic heterocycles. The number of rotatable bonds is 3. The van der Waals surface area contributed by atoms with E-state index in [2.05, 4.69) is 97.0 Å². The van der Waals surface area contributed by atoms with Crippen LogP contribution in [0.15, 0.2) is 48.5 Å². The minimum atomic E-state index is 0.160. The molecule has 0 aromatic heterocycles. The van der Waals surface area contributed by atoms with E-state index in [0.29, 0.717) is 5.92 Å². The molecule has 0 bridgehead atoms. The van der Waals surface area contributed by atoms with Crippen LogP contribution >= 0.6 is 0 Å². The van der Waals surface area contributed by atoms with Crippen molar-refractivity contribution in [2.24, 2.45) is 5.41 Å². The zero-order valence-corrected chi connectivity index (χ0v) is 15.2. The van der Waals surface area contributed by atoms with Gasteiger partial charge in [0.05, 0.1) is 0 Å². The minimum absolute atomic E-state index is 0.160. The molecule has 22 heavy (non-hydrogen) atoms. The molecular formula is C22H30. The van der Waals surface area contributed by atoms with Gasteiger partial charge in [-0.05, 0) is 39.0 Å². The SMILES string of the molecule is CC(C)c1ccc(-c2ccc(C(C)(C)C(C)(C)C)cc2)cc1. The Morgan fingerprint density at radius 2 is 1.05 bits per heavy atom. The van der Waals surface area contributed by atoms with E-state index in [-0.39, 0.29) is 10.8 Å². The van der Waals surface area contributed by atoms with E-state index < -0.39 is 0 Å². The zero-order chi connectivity index (χ0) is 16.5. The van der Waals surface area contributed by atoms with Crippen LogP contribution < -0.4 is 0 Å². The highest BCUT2D eigenvalue weighted by molar-refractivity contribution is 5.64. The fraction of sp³-hybridized carbons (Fsp3) is 0.455. The molecule has 2 aromatic rings. The molecule has 0 N–H and O–H groups in total. The molecule has 2 aromatic carbocycles.